The van der Waals surface area contributed by atoms with Gasteiger partial charge in [-0.2, -0.15) is 5.26 Å². The van der Waals surface area contributed by atoms with Gasteiger partial charge in [-0.15, -0.1) is 0 Å². The summed E-state index contributed by atoms with van der Waals surface area (Å²) in [6.45, 7) is 1.54. The first-order valence-corrected chi connectivity index (χ1v) is 6.59. The molecule has 0 amide bonds. The SMILES string of the molecule is Cc1cc2c(c(=O)o1)[C@@H](c1ccc(F)cc1F)C(C#N)=C(N)O2. The van der Waals surface area contributed by atoms with Gasteiger partial charge in [-0.05, 0) is 13.0 Å². The largest absolute Gasteiger partial charge is 0.440 e. The summed E-state index contributed by atoms with van der Waals surface area (Å²) in [7, 11) is 0. The second-order valence-corrected chi connectivity index (χ2v) is 5.01. The van der Waals surface area contributed by atoms with Crippen molar-refractivity contribution in [2.24, 2.45) is 5.73 Å². The molecule has 2 heterocycles. The Balaban J connectivity index is 2.34. The van der Waals surface area contributed by atoms with E-state index in [2.05, 4.69) is 0 Å². The lowest BCUT2D eigenvalue weighted by atomic mass is 9.84. The van der Waals surface area contributed by atoms with E-state index in [1.165, 1.54) is 13.0 Å². The van der Waals surface area contributed by atoms with Crippen LogP contribution in [0.1, 0.15) is 22.8 Å². The molecule has 0 saturated heterocycles. The van der Waals surface area contributed by atoms with Crippen molar-refractivity contribution in [2.75, 3.05) is 0 Å². The number of benzene rings is 1. The summed E-state index contributed by atoms with van der Waals surface area (Å²) >= 11 is 0. The number of halogens is 2. The number of nitriles is 1. The zero-order valence-corrected chi connectivity index (χ0v) is 11.9. The van der Waals surface area contributed by atoms with Gasteiger partial charge < -0.3 is 14.9 Å². The number of nitrogens with two attached hydrogens (primary N) is 1. The summed E-state index contributed by atoms with van der Waals surface area (Å²) in [5.41, 5.74) is 4.70. The quantitative estimate of drug-likeness (QED) is 0.873. The van der Waals surface area contributed by atoms with Crippen LogP contribution < -0.4 is 16.1 Å². The maximum Gasteiger partial charge on any atom is 0.343 e. The molecule has 2 aromatic rings. The van der Waals surface area contributed by atoms with Crippen LogP contribution in [0.25, 0.3) is 0 Å². The Morgan fingerprint density at radius 1 is 1.30 bits per heavy atom. The third kappa shape index (κ3) is 2.34. The lowest BCUT2D eigenvalue weighted by Gasteiger charge is -2.25. The van der Waals surface area contributed by atoms with Gasteiger partial charge in [0.05, 0.1) is 11.5 Å². The van der Waals surface area contributed by atoms with Crippen LogP contribution in [0.3, 0.4) is 0 Å². The molecule has 1 aliphatic heterocycles. The van der Waals surface area contributed by atoms with Gasteiger partial charge in [-0.3, -0.25) is 0 Å². The number of nitrogens with zero attached hydrogens (tertiary/aromatic N) is 1. The van der Waals surface area contributed by atoms with Gasteiger partial charge in [0.15, 0.2) is 0 Å². The van der Waals surface area contributed by atoms with E-state index in [4.69, 9.17) is 14.9 Å². The number of aryl methyl sites for hydroxylation is 1. The van der Waals surface area contributed by atoms with Crippen molar-refractivity contribution in [2.45, 2.75) is 12.8 Å². The first-order valence-electron chi connectivity index (χ1n) is 6.59. The number of allylic oxidation sites excluding steroid dienone is 1. The molecule has 1 aromatic carbocycles. The van der Waals surface area contributed by atoms with Gasteiger partial charge in [0, 0.05) is 17.7 Å². The van der Waals surface area contributed by atoms with E-state index in [9.17, 15) is 18.8 Å². The Hall–Kier alpha value is -3.14. The number of hydrogen-bond donors (Lipinski definition) is 1. The Bertz CT molecular complexity index is 941. The predicted molar refractivity (Wildman–Crippen MR) is 75.4 cm³/mol. The fourth-order valence-corrected chi connectivity index (χ4v) is 2.56. The molecule has 3 rings (SSSR count). The van der Waals surface area contributed by atoms with Crippen LogP contribution in [0.5, 0.6) is 5.75 Å². The van der Waals surface area contributed by atoms with Crippen LogP contribution in [0.2, 0.25) is 0 Å². The summed E-state index contributed by atoms with van der Waals surface area (Å²) in [6.07, 6.45) is 0. The van der Waals surface area contributed by atoms with Gasteiger partial charge in [0.1, 0.15) is 34.8 Å². The van der Waals surface area contributed by atoms with Gasteiger partial charge >= 0.3 is 5.63 Å². The van der Waals surface area contributed by atoms with E-state index in [0.29, 0.717) is 6.07 Å². The zero-order valence-electron chi connectivity index (χ0n) is 11.9. The standard InChI is InChI=1S/C16H10F2N2O3/c1-7-4-12-14(16(21)22-7)13(10(6-19)15(20)23-12)9-3-2-8(17)5-11(9)18/h2-5,13H,20H2,1H3/t13-/m0/s1. The van der Waals surface area contributed by atoms with Crippen molar-refractivity contribution in [3.8, 4) is 11.8 Å². The zero-order chi connectivity index (χ0) is 16.7. The normalized spacial score (nSPS) is 16.5. The molecule has 0 spiro atoms. The topological polar surface area (TPSA) is 89.2 Å². The van der Waals surface area contributed by atoms with E-state index >= 15 is 0 Å². The maximum atomic E-state index is 14.2. The monoisotopic (exact) mass is 316 g/mol. The molecule has 2 N–H and O–H groups in total. The number of ether oxygens (including phenoxy) is 1. The molecule has 0 saturated carbocycles. The van der Waals surface area contributed by atoms with E-state index in [1.807, 2.05) is 6.07 Å². The Labute approximate surface area is 129 Å². The van der Waals surface area contributed by atoms with Crippen LogP contribution in [0, 0.1) is 29.9 Å². The minimum atomic E-state index is -1.12. The molecule has 23 heavy (non-hydrogen) atoms. The number of hydrogen-bond acceptors (Lipinski definition) is 5. The lowest BCUT2D eigenvalue weighted by molar-refractivity contribution is 0.370. The Morgan fingerprint density at radius 3 is 2.70 bits per heavy atom. The fraction of sp³-hybridized carbons (Fsp3) is 0.125. The summed E-state index contributed by atoms with van der Waals surface area (Å²) < 4.78 is 37.6. The molecule has 0 aliphatic carbocycles. The molecule has 7 heteroatoms. The highest BCUT2D eigenvalue weighted by Gasteiger charge is 2.35. The summed E-state index contributed by atoms with van der Waals surface area (Å²) in [5, 5.41) is 9.31. The van der Waals surface area contributed by atoms with Crippen molar-refractivity contribution in [3.63, 3.8) is 0 Å². The molecule has 1 atom stereocenters. The third-order valence-electron chi connectivity index (χ3n) is 3.53. The molecule has 5 nitrogen and oxygen atoms in total. The molecular formula is C16H10F2N2O3. The van der Waals surface area contributed by atoms with Gasteiger partial charge in [-0.1, -0.05) is 6.07 Å². The molecule has 1 aromatic heterocycles. The number of rotatable bonds is 1. The van der Waals surface area contributed by atoms with Crippen molar-refractivity contribution in [1.29, 1.82) is 5.26 Å². The first-order chi connectivity index (χ1) is 10.9. The summed E-state index contributed by atoms with van der Waals surface area (Å²) in [5.74, 6) is -2.67. The average Bonchev–Trinajstić information content (AvgIpc) is 2.45. The van der Waals surface area contributed by atoms with Crippen molar-refractivity contribution < 1.29 is 17.9 Å². The molecule has 116 valence electrons. The van der Waals surface area contributed by atoms with Crippen molar-refractivity contribution in [1.82, 2.24) is 0 Å². The summed E-state index contributed by atoms with van der Waals surface area (Å²) in [4.78, 5) is 12.2. The minimum Gasteiger partial charge on any atom is -0.440 e. The van der Waals surface area contributed by atoms with Gasteiger partial charge in [-0.25, -0.2) is 13.6 Å². The first kappa shape index (κ1) is 14.8. The smallest absolute Gasteiger partial charge is 0.343 e. The highest BCUT2D eigenvalue weighted by atomic mass is 19.1. The molecule has 0 radical (unpaired) electrons. The molecule has 0 bridgehead atoms. The van der Waals surface area contributed by atoms with Crippen LogP contribution >= 0.6 is 0 Å². The molecule has 0 unspecified atom stereocenters. The van der Waals surface area contributed by atoms with E-state index < -0.39 is 23.2 Å². The Kier molecular flexibility index (Phi) is 3.37. The van der Waals surface area contributed by atoms with Gasteiger partial charge in [0.25, 0.3) is 0 Å². The van der Waals surface area contributed by atoms with Crippen LogP contribution in [-0.2, 0) is 0 Å². The maximum absolute atomic E-state index is 14.2. The van der Waals surface area contributed by atoms with Crippen molar-refractivity contribution >= 4 is 0 Å². The minimum absolute atomic E-state index is 0.0492. The van der Waals surface area contributed by atoms with E-state index in [-0.39, 0.29) is 34.1 Å². The van der Waals surface area contributed by atoms with Crippen LogP contribution in [0.4, 0.5) is 8.78 Å². The second kappa shape index (κ2) is 5.25. The highest BCUT2D eigenvalue weighted by Crippen LogP contribution is 2.41. The average molecular weight is 316 g/mol. The Morgan fingerprint density at radius 2 is 2.04 bits per heavy atom. The highest BCUT2D eigenvalue weighted by molar-refractivity contribution is 5.54. The molecule has 0 fully saturated rings. The van der Waals surface area contributed by atoms with Crippen LogP contribution in [-0.4, -0.2) is 0 Å². The third-order valence-corrected chi connectivity index (χ3v) is 3.53. The predicted octanol–water partition coefficient (Wildman–Crippen LogP) is 2.44. The fourth-order valence-electron chi connectivity index (χ4n) is 2.56. The van der Waals surface area contributed by atoms with Gasteiger partial charge in [0.2, 0.25) is 5.88 Å². The van der Waals surface area contributed by atoms with E-state index in [1.54, 1.807) is 0 Å². The van der Waals surface area contributed by atoms with E-state index in [0.717, 1.165) is 12.1 Å². The molecule has 1 aliphatic rings. The van der Waals surface area contributed by atoms with Crippen LogP contribution in [0.15, 0.2) is 44.9 Å². The molecular weight excluding hydrogens is 306 g/mol. The second-order valence-electron chi connectivity index (χ2n) is 5.01. The summed E-state index contributed by atoms with van der Waals surface area (Å²) in [6, 6.07) is 6.11. The number of fused-ring (bicyclic) bond motifs is 1. The van der Waals surface area contributed by atoms with Crippen molar-refractivity contribution in [3.05, 3.63) is 74.7 Å². The lowest BCUT2D eigenvalue weighted by Crippen LogP contribution is -2.26.